The Morgan fingerprint density at radius 2 is 2.04 bits per heavy atom. The maximum atomic E-state index is 13.1. The van der Waals surface area contributed by atoms with Crippen molar-refractivity contribution in [2.45, 2.75) is 24.9 Å². The maximum absolute atomic E-state index is 13.1. The first kappa shape index (κ1) is 15.1. The van der Waals surface area contributed by atoms with Crippen LogP contribution in [0.2, 0.25) is 0 Å². The minimum absolute atomic E-state index is 0.0535. The summed E-state index contributed by atoms with van der Waals surface area (Å²) in [6.45, 7) is 0.534. The van der Waals surface area contributed by atoms with Crippen molar-refractivity contribution < 1.29 is 14.0 Å². The second-order valence-electron chi connectivity index (χ2n) is 6.77. The van der Waals surface area contributed by atoms with Gasteiger partial charge in [0, 0.05) is 17.7 Å². The number of hydrogen-bond donors (Lipinski definition) is 1. The molecule has 3 aromatic rings. The van der Waals surface area contributed by atoms with E-state index < -0.39 is 0 Å². The Labute approximate surface area is 149 Å². The van der Waals surface area contributed by atoms with Crippen LogP contribution < -0.4 is 5.32 Å². The van der Waals surface area contributed by atoms with Gasteiger partial charge in [0.05, 0.1) is 6.04 Å². The summed E-state index contributed by atoms with van der Waals surface area (Å²) in [4.78, 5) is 31.3. The molecule has 0 spiro atoms. The number of amides is 2. The van der Waals surface area contributed by atoms with Crippen LogP contribution in [0, 0.1) is 0 Å². The van der Waals surface area contributed by atoms with Crippen molar-refractivity contribution in [2.75, 3.05) is 6.54 Å². The number of piperazine rings is 1. The summed E-state index contributed by atoms with van der Waals surface area (Å²) in [5.41, 5.74) is 2.80. The van der Waals surface area contributed by atoms with E-state index in [2.05, 4.69) is 10.3 Å². The Bertz CT molecular complexity index is 993. The molecule has 2 bridgehead atoms. The van der Waals surface area contributed by atoms with Crippen molar-refractivity contribution in [1.29, 1.82) is 0 Å². The van der Waals surface area contributed by atoms with Crippen LogP contribution in [0.15, 0.2) is 52.9 Å². The van der Waals surface area contributed by atoms with Crippen LogP contribution >= 0.6 is 0 Å². The Morgan fingerprint density at radius 3 is 2.92 bits per heavy atom. The van der Waals surface area contributed by atoms with Crippen LogP contribution in [0.4, 0.5) is 0 Å². The summed E-state index contributed by atoms with van der Waals surface area (Å²) in [5, 5.41) is 2.87. The number of aromatic nitrogens is 1. The summed E-state index contributed by atoms with van der Waals surface area (Å²) in [5.74, 6) is 0.327. The number of carbonyl (C=O) groups excluding carboxylic acids is 2. The van der Waals surface area contributed by atoms with Crippen LogP contribution in [-0.4, -0.2) is 40.3 Å². The molecule has 0 saturated carbocycles. The highest BCUT2D eigenvalue weighted by Gasteiger charge is 2.44. The molecule has 2 aliphatic rings. The van der Waals surface area contributed by atoms with Gasteiger partial charge < -0.3 is 14.6 Å². The molecule has 6 heteroatoms. The monoisotopic (exact) mass is 347 g/mol. The molecule has 2 aliphatic heterocycles. The Balaban J connectivity index is 1.50. The van der Waals surface area contributed by atoms with Crippen molar-refractivity contribution in [1.82, 2.24) is 15.2 Å². The first-order chi connectivity index (χ1) is 12.7. The van der Waals surface area contributed by atoms with E-state index in [4.69, 9.17) is 4.42 Å². The highest BCUT2D eigenvalue weighted by Crippen LogP contribution is 2.30. The van der Waals surface area contributed by atoms with Gasteiger partial charge in [0.15, 0.2) is 5.58 Å². The summed E-state index contributed by atoms with van der Waals surface area (Å²) in [6, 6.07) is 14.6. The molecule has 2 atom stereocenters. The first-order valence-electron chi connectivity index (χ1n) is 8.77. The normalized spacial score (nSPS) is 21.8. The van der Waals surface area contributed by atoms with E-state index in [9.17, 15) is 9.59 Å². The van der Waals surface area contributed by atoms with E-state index in [-0.39, 0.29) is 23.9 Å². The van der Waals surface area contributed by atoms with E-state index in [0.717, 1.165) is 23.9 Å². The van der Waals surface area contributed by atoms with Gasteiger partial charge in [0.2, 0.25) is 11.8 Å². The zero-order valence-electron chi connectivity index (χ0n) is 14.0. The molecule has 26 heavy (non-hydrogen) atoms. The lowest BCUT2D eigenvalue weighted by Crippen LogP contribution is -2.57. The number of rotatable bonds is 2. The number of para-hydroxylation sites is 2. The van der Waals surface area contributed by atoms with Gasteiger partial charge in [0.1, 0.15) is 11.6 Å². The average molecular weight is 347 g/mol. The largest absolute Gasteiger partial charge is 0.436 e. The molecule has 0 aliphatic carbocycles. The minimum atomic E-state index is -0.353. The second kappa shape index (κ2) is 5.69. The van der Waals surface area contributed by atoms with Crippen LogP contribution in [0.3, 0.4) is 0 Å². The third kappa shape index (κ3) is 2.29. The van der Waals surface area contributed by atoms with Gasteiger partial charge in [-0.1, -0.05) is 18.2 Å². The van der Waals surface area contributed by atoms with Crippen molar-refractivity contribution in [3.8, 4) is 11.5 Å². The smallest absolute Gasteiger partial charge is 0.254 e. The van der Waals surface area contributed by atoms with Crippen LogP contribution in [0.1, 0.15) is 23.2 Å². The topological polar surface area (TPSA) is 75.4 Å². The average Bonchev–Trinajstić information content (AvgIpc) is 3.25. The predicted molar refractivity (Wildman–Crippen MR) is 95.4 cm³/mol. The van der Waals surface area contributed by atoms with Gasteiger partial charge in [-0.05, 0) is 43.2 Å². The van der Waals surface area contributed by atoms with Crippen LogP contribution in [-0.2, 0) is 4.79 Å². The number of hydrogen-bond acceptors (Lipinski definition) is 4. The quantitative estimate of drug-likeness (QED) is 0.773. The standard InChI is InChI=1S/C20H17N3O3/c24-18-16-9-8-14(11-21-18)23(16)20(25)13-5-3-4-12(10-13)19-22-15-6-1-2-7-17(15)26-19/h1-7,10,14,16H,8-9,11H2,(H,21,24). The van der Waals surface area contributed by atoms with Gasteiger partial charge in [-0.25, -0.2) is 4.98 Å². The molecule has 130 valence electrons. The molecular weight excluding hydrogens is 330 g/mol. The first-order valence-corrected chi connectivity index (χ1v) is 8.77. The van der Waals surface area contributed by atoms with Gasteiger partial charge in [-0.2, -0.15) is 0 Å². The fourth-order valence-electron chi connectivity index (χ4n) is 3.91. The van der Waals surface area contributed by atoms with Crippen molar-refractivity contribution in [3.05, 3.63) is 54.1 Å². The third-order valence-electron chi connectivity index (χ3n) is 5.20. The second-order valence-corrected chi connectivity index (χ2v) is 6.77. The number of nitrogens with zero attached hydrogens (tertiary/aromatic N) is 2. The molecular formula is C20H17N3O3. The van der Waals surface area contributed by atoms with Gasteiger partial charge in [-0.3, -0.25) is 9.59 Å². The lowest BCUT2D eigenvalue weighted by atomic mass is 10.1. The van der Waals surface area contributed by atoms with Gasteiger partial charge in [0.25, 0.3) is 5.91 Å². The number of oxazole rings is 1. The van der Waals surface area contributed by atoms with Crippen molar-refractivity contribution in [2.24, 2.45) is 0 Å². The molecule has 2 fully saturated rings. The van der Waals surface area contributed by atoms with Crippen LogP contribution in [0.25, 0.3) is 22.6 Å². The summed E-state index contributed by atoms with van der Waals surface area (Å²) >= 11 is 0. The molecule has 5 rings (SSSR count). The SMILES string of the molecule is O=C1NCC2CCC1N2C(=O)c1cccc(-c2nc3ccccc3o2)c1. The highest BCUT2D eigenvalue weighted by atomic mass is 16.3. The number of benzene rings is 2. The molecule has 6 nitrogen and oxygen atoms in total. The summed E-state index contributed by atoms with van der Waals surface area (Å²) in [7, 11) is 0. The fraction of sp³-hybridized carbons (Fsp3) is 0.250. The molecule has 2 aromatic carbocycles. The van der Waals surface area contributed by atoms with Crippen LogP contribution in [0.5, 0.6) is 0 Å². The Hall–Kier alpha value is -3.15. The molecule has 2 amide bonds. The zero-order valence-corrected chi connectivity index (χ0v) is 14.0. The van der Waals surface area contributed by atoms with Gasteiger partial charge in [-0.15, -0.1) is 0 Å². The Morgan fingerprint density at radius 1 is 1.15 bits per heavy atom. The molecule has 2 unspecified atom stereocenters. The number of nitrogens with one attached hydrogen (secondary N) is 1. The lowest BCUT2D eigenvalue weighted by Gasteiger charge is -2.34. The van der Waals surface area contributed by atoms with E-state index in [1.165, 1.54) is 0 Å². The number of carbonyl (C=O) groups is 2. The highest BCUT2D eigenvalue weighted by molar-refractivity contribution is 5.99. The van der Waals surface area contributed by atoms with Crippen molar-refractivity contribution in [3.63, 3.8) is 0 Å². The van der Waals surface area contributed by atoms with E-state index in [1.807, 2.05) is 36.4 Å². The van der Waals surface area contributed by atoms with Crippen molar-refractivity contribution >= 4 is 22.9 Å². The summed E-state index contributed by atoms with van der Waals surface area (Å²) in [6.07, 6.45) is 1.59. The molecule has 1 N–H and O–H groups in total. The molecule has 1 aromatic heterocycles. The van der Waals surface area contributed by atoms with E-state index >= 15 is 0 Å². The molecule has 0 radical (unpaired) electrons. The third-order valence-corrected chi connectivity index (χ3v) is 5.20. The predicted octanol–water partition coefficient (Wildman–Crippen LogP) is 2.60. The summed E-state index contributed by atoms with van der Waals surface area (Å²) < 4.78 is 5.81. The maximum Gasteiger partial charge on any atom is 0.254 e. The number of fused-ring (bicyclic) bond motifs is 3. The van der Waals surface area contributed by atoms with Gasteiger partial charge >= 0.3 is 0 Å². The zero-order chi connectivity index (χ0) is 17.7. The Kier molecular flexibility index (Phi) is 3.31. The lowest BCUT2D eigenvalue weighted by molar-refractivity contribution is -0.127. The minimum Gasteiger partial charge on any atom is -0.436 e. The molecule has 2 saturated heterocycles. The van der Waals surface area contributed by atoms with E-state index in [1.54, 1.807) is 17.0 Å². The van der Waals surface area contributed by atoms with E-state index in [0.29, 0.717) is 23.6 Å². The fourth-order valence-corrected chi connectivity index (χ4v) is 3.91. The molecule has 3 heterocycles.